The van der Waals surface area contributed by atoms with Crippen molar-refractivity contribution in [1.82, 2.24) is 0 Å². The minimum absolute atomic E-state index is 0.00578. The normalized spacial score (nSPS) is 20.7. The zero-order chi connectivity index (χ0) is 19.8. The fraction of sp³-hybridized carbons (Fsp3) is 0.312. The third-order valence-electron chi connectivity index (χ3n) is 3.89. The molecule has 0 spiro atoms. The number of allylic oxidation sites excluding steroid dienone is 1. The van der Waals surface area contributed by atoms with Crippen LogP contribution < -0.4 is 0 Å². The van der Waals surface area contributed by atoms with Crippen molar-refractivity contribution in [1.29, 1.82) is 0 Å². The van der Waals surface area contributed by atoms with Crippen LogP contribution in [-0.2, 0) is 14.3 Å². The SMILES string of the molecule is COC(=O)C1=C(C(F)(F)F)N=C(C)C(C(=O)O)C1c1cccc(Cl)c1Cl. The van der Waals surface area contributed by atoms with Gasteiger partial charge < -0.3 is 9.84 Å². The number of carboxylic acid groups (broad SMARTS) is 1. The van der Waals surface area contributed by atoms with Crippen molar-refractivity contribution in [2.45, 2.75) is 19.0 Å². The number of hydrogen-bond acceptors (Lipinski definition) is 4. The number of aliphatic imine (C=N–C) groups is 1. The molecule has 140 valence electrons. The van der Waals surface area contributed by atoms with Gasteiger partial charge in [0.2, 0.25) is 0 Å². The Morgan fingerprint density at radius 2 is 1.88 bits per heavy atom. The number of carbonyl (C=O) groups excluding carboxylic acids is 1. The molecule has 1 aliphatic heterocycles. The topological polar surface area (TPSA) is 76.0 Å². The monoisotopic (exact) mass is 409 g/mol. The minimum atomic E-state index is -5.00. The van der Waals surface area contributed by atoms with Gasteiger partial charge in [0, 0.05) is 11.6 Å². The van der Waals surface area contributed by atoms with Gasteiger partial charge in [0.1, 0.15) is 5.92 Å². The molecule has 0 fully saturated rings. The maximum Gasteiger partial charge on any atom is 0.433 e. The third-order valence-corrected chi connectivity index (χ3v) is 4.73. The lowest BCUT2D eigenvalue weighted by atomic mass is 9.75. The smallest absolute Gasteiger partial charge is 0.433 e. The molecule has 1 N–H and O–H groups in total. The second-order valence-electron chi connectivity index (χ2n) is 5.44. The maximum absolute atomic E-state index is 13.5. The molecule has 1 heterocycles. The predicted molar refractivity (Wildman–Crippen MR) is 88.5 cm³/mol. The summed E-state index contributed by atoms with van der Waals surface area (Å²) in [6, 6.07) is 4.09. The highest BCUT2D eigenvalue weighted by molar-refractivity contribution is 6.42. The third kappa shape index (κ3) is 3.57. The average molecular weight is 410 g/mol. The first-order chi connectivity index (χ1) is 12.0. The van der Waals surface area contributed by atoms with E-state index in [0.717, 1.165) is 14.0 Å². The van der Waals surface area contributed by atoms with E-state index in [9.17, 15) is 27.9 Å². The molecular weight excluding hydrogens is 398 g/mol. The van der Waals surface area contributed by atoms with Crippen LogP contribution >= 0.6 is 23.2 Å². The highest BCUT2D eigenvalue weighted by atomic mass is 35.5. The van der Waals surface area contributed by atoms with Crippen molar-refractivity contribution in [3.05, 3.63) is 45.1 Å². The summed E-state index contributed by atoms with van der Waals surface area (Å²) in [5.74, 6) is -5.93. The Morgan fingerprint density at radius 1 is 1.27 bits per heavy atom. The van der Waals surface area contributed by atoms with E-state index in [-0.39, 0.29) is 21.3 Å². The molecule has 0 amide bonds. The molecule has 26 heavy (non-hydrogen) atoms. The van der Waals surface area contributed by atoms with E-state index in [4.69, 9.17) is 23.2 Å². The molecule has 5 nitrogen and oxygen atoms in total. The quantitative estimate of drug-likeness (QED) is 0.757. The van der Waals surface area contributed by atoms with Gasteiger partial charge in [-0.15, -0.1) is 0 Å². The number of aliphatic carboxylic acids is 1. The summed E-state index contributed by atoms with van der Waals surface area (Å²) in [7, 11) is 0.890. The largest absolute Gasteiger partial charge is 0.481 e. The fourth-order valence-corrected chi connectivity index (χ4v) is 3.25. The molecule has 0 saturated heterocycles. The van der Waals surface area contributed by atoms with E-state index in [2.05, 4.69) is 9.73 Å². The van der Waals surface area contributed by atoms with E-state index < -0.39 is 41.2 Å². The Hall–Kier alpha value is -2.06. The summed E-state index contributed by atoms with van der Waals surface area (Å²) >= 11 is 12.0. The summed E-state index contributed by atoms with van der Waals surface area (Å²) in [5, 5.41) is 9.40. The van der Waals surface area contributed by atoms with Crippen LogP contribution in [0.3, 0.4) is 0 Å². The summed E-state index contributed by atoms with van der Waals surface area (Å²) in [4.78, 5) is 27.3. The molecule has 0 aromatic heterocycles. The second-order valence-corrected chi connectivity index (χ2v) is 6.23. The zero-order valence-corrected chi connectivity index (χ0v) is 14.9. The number of carboxylic acids is 1. The fourth-order valence-electron chi connectivity index (χ4n) is 2.83. The van der Waals surface area contributed by atoms with Crippen LogP contribution in [0, 0.1) is 5.92 Å². The summed E-state index contributed by atoms with van der Waals surface area (Å²) in [6.45, 7) is 1.14. The molecule has 0 saturated carbocycles. The van der Waals surface area contributed by atoms with Crippen molar-refractivity contribution in [3.63, 3.8) is 0 Å². The van der Waals surface area contributed by atoms with Gasteiger partial charge in [-0.3, -0.25) is 9.79 Å². The number of hydrogen-bond donors (Lipinski definition) is 1. The van der Waals surface area contributed by atoms with Gasteiger partial charge in [-0.05, 0) is 18.6 Å². The lowest BCUT2D eigenvalue weighted by Gasteiger charge is -2.32. The Balaban J connectivity index is 2.90. The highest BCUT2D eigenvalue weighted by Crippen LogP contribution is 2.46. The Morgan fingerprint density at radius 3 is 2.38 bits per heavy atom. The van der Waals surface area contributed by atoms with Gasteiger partial charge in [-0.25, -0.2) is 4.79 Å². The van der Waals surface area contributed by atoms with Crippen molar-refractivity contribution < 1.29 is 32.6 Å². The molecule has 1 aliphatic rings. The number of alkyl halides is 3. The van der Waals surface area contributed by atoms with Crippen molar-refractivity contribution in [2.24, 2.45) is 10.9 Å². The molecule has 2 rings (SSSR count). The standard InChI is InChI=1S/C16H12Cl2F3NO4/c1-6-9(14(23)24)10(7-4-3-5-8(17)12(7)18)11(15(25)26-2)13(22-6)16(19,20)21/h3-5,9-10H,1-2H3,(H,23,24). The van der Waals surface area contributed by atoms with Crippen LogP contribution in [-0.4, -0.2) is 36.0 Å². The van der Waals surface area contributed by atoms with Crippen molar-refractivity contribution in [2.75, 3.05) is 7.11 Å². The summed E-state index contributed by atoms with van der Waals surface area (Å²) in [5.41, 5.74) is -2.80. The zero-order valence-electron chi connectivity index (χ0n) is 13.4. The number of methoxy groups -OCH3 is 1. The van der Waals surface area contributed by atoms with Crippen LogP contribution in [0.25, 0.3) is 0 Å². The van der Waals surface area contributed by atoms with Gasteiger partial charge in [0.05, 0.1) is 22.7 Å². The van der Waals surface area contributed by atoms with Crippen LogP contribution in [0.15, 0.2) is 34.5 Å². The minimum Gasteiger partial charge on any atom is -0.481 e. The molecule has 1 aromatic carbocycles. The molecule has 2 atom stereocenters. The van der Waals surface area contributed by atoms with E-state index in [1.54, 1.807) is 0 Å². The van der Waals surface area contributed by atoms with Gasteiger partial charge in [-0.2, -0.15) is 13.2 Å². The van der Waals surface area contributed by atoms with Crippen LogP contribution in [0.4, 0.5) is 13.2 Å². The van der Waals surface area contributed by atoms with E-state index in [1.807, 2.05) is 0 Å². The lowest BCUT2D eigenvalue weighted by Crippen LogP contribution is -2.37. The number of ether oxygens (including phenoxy) is 1. The molecular formula is C16H12Cl2F3NO4. The summed E-state index contributed by atoms with van der Waals surface area (Å²) in [6.07, 6.45) is -5.00. The summed E-state index contributed by atoms with van der Waals surface area (Å²) < 4.78 is 44.9. The molecule has 0 bridgehead atoms. The van der Waals surface area contributed by atoms with E-state index in [1.165, 1.54) is 18.2 Å². The lowest BCUT2D eigenvalue weighted by molar-refractivity contribution is -0.141. The second kappa shape index (κ2) is 7.28. The van der Waals surface area contributed by atoms with E-state index >= 15 is 0 Å². The predicted octanol–water partition coefficient (Wildman–Crippen LogP) is 4.24. The first-order valence-corrected chi connectivity index (χ1v) is 7.87. The number of benzene rings is 1. The van der Waals surface area contributed by atoms with Crippen LogP contribution in [0.5, 0.6) is 0 Å². The highest BCUT2D eigenvalue weighted by Gasteiger charge is 2.49. The molecule has 1 aromatic rings. The van der Waals surface area contributed by atoms with Crippen LogP contribution in [0.2, 0.25) is 10.0 Å². The van der Waals surface area contributed by atoms with Gasteiger partial charge in [-0.1, -0.05) is 35.3 Å². The molecule has 2 unspecified atom stereocenters. The number of nitrogens with zero attached hydrogens (tertiary/aromatic N) is 1. The van der Waals surface area contributed by atoms with Gasteiger partial charge in [0.25, 0.3) is 0 Å². The average Bonchev–Trinajstić information content (AvgIpc) is 2.54. The number of esters is 1. The van der Waals surface area contributed by atoms with E-state index in [0.29, 0.717) is 0 Å². The first-order valence-electron chi connectivity index (χ1n) is 7.12. The van der Waals surface area contributed by atoms with Crippen LogP contribution in [0.1, 0.15) is 18.4 Å². The Kier molecular flexibility index (Phi) is 5.67. The van der Waals surface area contributed by atoms with Gasteiger partial charge in [0.15, 0.2) is 5.70 Å². The molecule has 0 radical (unpaired) electrons. The number of carbonyl (C=O) groups is 2. The van der Waals surface area contributed by atoms with Crippen molar-refractivity contribution in [3.8, 4) is 0 Å². The first kappa shape index (κ1) is 20.3. The Bertz CT molecular complexity index is 833. The molecule has 0 aliphatic carbocycles. The van der Waals surface area contributed by atoms with Gasteiger partial charge >= 0.3 is 18.1 Å². The number of rotatable bonds is 3. The number of halogens is 5. The maximum atomic E-state index is 13.5. The Labute approximate surface area is 156 Å². The molecule has 10 heteroatoms. The van der Waals surface area contributed by atoms with Crippen molar-refractivity contribution >= 4 is 40.9 Å².